The van der Waals surface area contributed by atoms with Crippen LogP contribution in [-0.4, -0.2) is 141 Å². The Bertz CT molecular complexity index is 690. The van der Waals surface area contributed by atoms with E-state index in [1.165, 1.54) is 0 Å². The van der Waals surface area contributed by atoms with Gasteiger partial charge in [-0.05, 0) is 28.2 Å². The van der Waals surface area contributed by atoms with Gasteiger partial charge in [0.15, 0.2) is 0 Å². The number of hydrogen-bond donors (Lipinski definition) is 0. The van der Waals surface area contributed by atoms with Crippen molar-refractivity contribution in [1.29, 1.82) is 0 Å². The second-order valence-corrected chi connectivity index (χ2v) is 10.2. The maximum Gasteiger partial charge on any atom is 3.00 e. The van der Waals surface area contributed by atoms with Gasteiger partial charge < -0.3 is 29.8 Å². The molecule has 2 fully saturated rings. The molecule has 2 aliphatic heterocycles. The molecule has 23 heteroatoms. The molecule has 0 amide bonds. The molecule has 3 rings (SSSR count). The van der Waals surface area contributed by atoms with E-state index >= 15 is 0 Å². The molecule has 20 nitrogen and oxygen atoms in total. The Balaban J connectivity index is -0.000000294. The van der Waals surface area contributed by atoms with Gasteiger partial charge in [-0.15, -0.1) is 35.6 Å². The van der Waals surface area contributed by atoms with Crippen LogP contribution in [0.3, 0.4) is 0 Å². The molecular weight excluding hydrogens is 695 g/mol. The molecular formula is C21H41ClFe2N12O8+4. The van der Waals surface area contributed by atoms with Gasteiger partial charge in [0.25, 0.3) is 0 Å². The Labute approximate surface area is 281 Å². The SMILES string of the molecule is CN1CCN(C)CCN(Cc2cc(CN3CCN(C)CCN(C)CC3)[n-]n2)CC1.[Fe+3].[Fe+3].[N]=O.[N]=O.[N]=O.[N]=O.[O-][Cl+3]([O-])([O-])[O-]. The van der Waals surface area contributed by atoms with E-state index in [1.54, 1.807) is 0 Å². The molecule has 6 radical (unpaired) electrons. The van der Waals surface area contributed by atoms with E-state index in [0.717, 1.165) is 103 Å². The van der Waals surface area contributed by atoms with Gasteiger partial charge in [-0.2, -0.15) is 0 Å². The van der Waals surface area contributed by atoms with Gasteiger partial charge in [0.05, 0.1) is 0 Å². The molecule has 0 unspecified atom stereocenters. The van der Waals surface area contributed by atoms with Crippen molar-refractivity contribution in [3.8, 4) is 0 Å². The van der Waals surface area contributed by atoms with Crippen LogP contribution in [0, 0.1) is 29.9 Å². The fourth-order valence-corrected chi connectivity index (χ4v) is 3.91. The van der Waals surface area contributed by atoms with Gasteiger partial charge in [-0.1, -0.05) is 6.07 Å². The van der Waals surface area contributed by atoms with Crippen molar-refractivity contribution in [3.63, 3.8) is 0 Å². The van der Waals surface area contributed by atoms with Gasteiger partial charge in [0, 0.05) is 97.3 Å². The third-order valence-corrected chi connectivity index (χ3v) is 6.33. The topological polar surface area (TPSA) is 296 Å². The van der Waals surface area contributed by atoms with E-state index in [0.29, 0.717) is 0 Å². The summed E-state index contributed by atoms with van der Waals surface area (Å²) >= 11 is 0. The summed E-state index contributed by atoms with van der Waals surface area (Å²) in [4.78, 5) is 43.8. The number of likely N-dealkylation sites (N-methyl/N-ethyl adjacent to an activating group) is 4. The van der Waals surface area contributed by atoms with Gasteiger partial charge in [0.1, 0.15) is 22.4 Å². The van der Waals surface area contributed by atoms with Crippen LogP contribution in [0.15, 0.2) is 6.07 Å². The quantitative estimate of drug-likeness (QED) is 0.259. The number of nitrogens with zero attached hydrogens (tertiary/aromatic N) is 12. The second kappa shape index (κ2) is 32.9. The molecule has 44 heavy (non-hydrogen) atoms. The Kier molecular flexibility index (Phi) is 39.0. The molecule has 0 saturated carbocycles. The molecule has 0 aromatic carbocycles. The van der Waals surface area contributed by atoms with Crippen LogP contribution in [0.2, 0.25) is 0 Å². The van der Waals surface area contributed by atoms with Crippen LogP contribution in [0.4, 0.5) is 0 Å². The molecule has 252 valence electrons. The third kappa shape index (κ3) is 30.6. The average molecular weight is 737 g/mol. The Morgan fingerprint density at radius 3 is 1.14 bits per heavy atom. The predicted molar refractivity (Wildman–Crippen MR) is 140 cm³/mol. The van der Waals surface area contributed by atoms with E-state index in [-0.39, 0.29) is 34.1 Å². The van der Waals surface area contributed by atoms with Crippen LogP contribution in [-0.2, 0) is 47.2 Å². The van der Waals surface area contributed by atoms with E-state index in [2.05, 4.69) is 73.9 Å². The summed E-state index contributed by atoms with van der Waals surface area (Å²) < 4.78 is 34.0. The standard InChI is InChI=1S/C21H41N8.ClHO4.2Fe.4NO/c1-24-5-6-25(2)10-14-28(13-9-24)18-20-17-21(23-22-20)19-29-15-11-26(3)7-8-27(4)12-16-29;2-1(3,4)5;;;4*1-2/h17H,5-16,18-19H2,1-4H3;(H,2,3,4,5);;;;;;/q-1;;2*+3;;;;/p-1. The van der Waals surface area contributed by atoms with Crippen LogP contribution < -0.4 is 46.1 Å². The number of hydrogen-bond acceptors (Lipinski definition) is 15. The van der Waals surface area contributed by atoms with Gasteiger partial charge in [-0.25, -0.2) is 18.6 Å². The number of rotatable bonds is 4. The summed E-state index contributed by atoms with van der Waals surface area (Å²) in [7, 11) is 3.94. The Morgan fingerprint density at radius 2 is 0.841 bits per heavy atom. The van der Waals surface area contributed by atoms with Crippen LogP contribution in [0.25, 0.3) is 0 Å². The molecule has 0 spiro atoms. The van der Waals surface area contributed by atoms with Crippen molar-refractivity contribution in [1.82, 2.24) is 62.0 Å². The van der Waals surface area contributed by atoms with Crippen molar-refractivity contribution >= 4 is 0 Å². The first-order valence-corrected chi connectivity index (χ1v) is 13.7. The van der Waals surface area contributed by atoms with Crippen molar-refractivity contribution < 1.29 is 63.0 Å². The Hall–Kier alpha value is -1.46. The summed E-state index contributed by atoms with van der Waals surface area (Å²) in [6, 6.07) is 2.22. The van der Waals surface area contributed by atoms with Crippen LogP contribution >= 0.6 is 0 Å². The molecule has 2 saturated heterocycles. The van der Waals surface area contributed by atoms with Gasteiger partial charge in [0.2, 0.25) is 0 Å². The van der Waals surface area contributed by atoms with E-state index in [4.69, 9.17) is 60.6 Å². The van der Waals surface area contributed by atoms with Crippen molar-refractivity contribution in [2.45, 2.75) is 13.1 Å². The fraction of sp³-hybridized carbons (Fsp3) is 0.857. The van der Waals surface area contributed by atoms with Crippen molar-refractivity contribution in [3.05, 3.63) is 37.1 Å². The summed E-state index contributed by atoms with van der Waals surface area (Å²) in [6.45, 7) is 15.2. The summed E-state index contributed by atoms with van der Waals surface area (Å²) in [5.74, 6) is 0. The minimum absolute atomic E-state index is 0. The van der Waals surface area contributed by atoms with Gasteiger partial charge >= 0.3 is 34.1 Å². The van der Waals surface area contributed by atoms with E-state index < -0.39 is 10.2 Å². The average Bonchev–Trinajstić information content (AvgIpc) is 3.47. The summed E-state index contributed by atoms with van der Waals surface area (Å²) in [5.41, 5.74) is 25.2. The third-order valence-electron chi connectivity index (χ3n) is 6.33. The summed E-state index contributed by atoms with van der Waals surface area (Å²) in [5, 5.41) is 9.03. The first-order chi connectivity index (χ1) is 20.0. The molecule has 3 heterocycles. The number of aromatic nitrogens is 2. The molecule has 0 N–H and O–H groups in total. The van der Waals surface area contributed by atoms with Crippen LogP contribution in [0.5, 0.6) is 0 Å². The molecule has 0 aliphatic carbocycles. The molecule has 1 aromatic heterocycles. The fourth-order valence-electron chi connectivity index (χ4n) is 3.91. The monoisotopic (exact) mass is 736 g/mol. The van der Waals surface area contributed by atoms with Crippen molar-refractivity contribution in [2.24, 2.45) is 0 Å². The largest absolute Gasteiger partial charge is 3.00 e. The minimum Gasteiger partial charge on any atom is -0.578 e. The Morgan fingerprint density at radius 1 is 0.591 bits per heavy atom. The zero-order valence-electron chi connectivity index (χ0n) is 25.2. The van der Waals surface area contributed by atoms with Gasteiger partial charge in [-0.3, -0.25) is 9.80 Å². The molecule has 0 atom stereocenters. The smallest absolute Gasteiger partial charge is 0.578 e. The maximum atomic E-state index is 8.49. The minimum atomic E-state index is -4.94. The molecule has 0 bridgehead atoms. The molecule has 1 aromatic rings. The number of nitroso groups, excluding NO2 is 4. The zero-order valence-corrected chi connectivity index (χ0v) is 28.2. The zero-order chi connectivity index (χ0) is 33.1. The second-order valence-electron chi connectivity index (χ2n) is 9.47. The first-order valence-electron chi connectivity index (χ1n) is 12.5. The summed E-state index contributed by atoms with van der Waals surface area (Å²) in [6.07, 6.45) is 0. The number of halogens is 1. The van der Waals surface area contributed by atoms with E-state index in [9.17, 15) is 0 Å². The van der Waals surface area contributed by atoms with Crippen LogP contribution in [0.1, 0.15) is 11.4 Å². The molecule has 2 aliphatic rings. The van der Waals surface area contributed by atoms with E-state index in [1.807, 2.05) is 0 Å². The van der Waals surface area contributed by atoms with Crippen molar-refractivity contribution in [2.75, 3.05) is 107 Å². The normalized spacial score (nSPS) is 17.8. The predicted octanol–water partition coefficient (Wildman–Crippen LogP) is -7.15. The maximum absolute atomic E-state index is 8.49. The first kappa shape index (κ1) is 52.1.